The first-order valence-electron chi connectivity index (χ1n) is 7.95. The molecule has 1 aliphatic carbocycles. The minimum Gasteiger partial charge on any atom is -0.341 e. The first-order valence-corrected chi connectivity index (χ1v) is 9.34. The summed E-state index contributed by atoms with van der Waals surface area (Å²) in [6.45, 7) is -0.306. The van der Waals surface area contributed by atoms with Crippen molar-refractivity contribution < 1.29 is 17.6 Å². The van der Waals surface area contributed by atoms with Crippen LogP contribution in [0.4, 0.5) is 10.1 Å². The fraction of sp³-hybridized carbons (Fsp3) is 0.562. The van der Waals surface area contributed by atoms with Gasteiger partial charge in [0, 0.05) is 27.2 Å². The van der Waals surface area contributed by atoms with E-state index in [1.807, 2.05) is 0 Å². The monoisotopic (exact) mass is 357 g/mol. The maximum atomic E-state index is 13.1. The van der Waals surface area contributed by atoms with E-state index in [-0.39, 0.29) is 24.2 Å². The van der Waals surface area contributed by atoms with E-state index in [9.17, 15) is 17.6 Å². The van der Waals surface area contributed by atoms with Gasteiger partial charge < -0.3 is 4.90 Å². The molecular weight excluding hydrogens is 333 g/mol. The lowest BCUT2D eigenvalue weighted by Crippen LogP contribution is -2.47. The molecule has 0 aliphatic heterocycles. The summed E-state index contributed by atoms with van der Waals surface area (Å²) in [5.74, 6) is -0.730. The highest BCUT2D eigenvalue weighted by Gasteiger charge is 2.30. The molecule has 24 heavy (non-hydrogen) atoms. The molecule has 1 aromatic rings. The van der Waals surface area contributed by atoms with Gasteiger partial charge in [0.05, 0.1) is 5.69 Å². The third kappa shape index (κ3) is 4.05. The van der Waals surface area contributed by atoms with E-state index in [0.717, 1.165) is 34.3 Å². The zero-order valence-electron chi connectivity index (χ0n) is 14.3. The predicted octanol–water partition coefficient (Wildman–Crippen LogP) is 1.84. The Morgan fingerprint density at radius 1 is 1.12 bits per heavy atom. The summed E-state index contributed by atoms with van der Waals surface area (Å²) in [6.07, 6.45) is 4.05. The summed E-state index contributed by atoms with van der Waals surface area (Å²) in [4.78, 5) is 14.2. The van der Waals surface area contributed by atoms with E-state index in [1.54, 1.807) is 11.9 Å². The van der Waals surface area contributed by atoms with Gasteiger partial charge in [0.1, 0.15) is 12.4 Å². The number of hydrogen-bond acceptors (Lipinski definition) is 3. The Balaban J connectivity index is 2.26. The number of rotatable bonds is 6. The molecule has 0 heterocycles. The first-order chi connectivity index (χ1) is 11.2. The Bertz CT molecular complexity index is 670. The van der Waals surface area contributed by atoms with Gasteiger partial charge in [-0.2, -0.15) is 12.7 Å². The minimum atomic E-state index is -3.86. The maximum Gasteiger partial charge on any atom is 0.304 e. The number of halogens is 1. The molecule has 0 spiro atoms. The highest BCUT2D eigenvalue weighted by Crippen LogP contribution is 2.24. The van der Waals surface area contributed by atoms with Crippen molar-refractivity contribution >= 4 is 21.8 Å². The van der Waals surface area contributed by atoms with E-state index in [0.29, 0.717) is 0 Å². The van der Waals surface area contributed by atoms with Gasteiger partial charge in [-0.25, -0.2) is 8.70 Å². The van der Waals surface area contributed by atoms with Crippen LogP contribution >= 0.6 is 0 Å². The van der Waals surface area contributed by atoms with Crippen molar-refractivity contribution in [1.29, 1.82) is 0 Å². The molecule has 0 atom stereocenters. The van der Waals surface area contributed by atoms with Gasteiger partial charge in [-0.05, 0) is 37.1 Å². The number of carbonyl (C=O) groups is 1. The van der Waals surface area contributed by atoms with Gasteiger partial charge >= 0.3 is 10.2 Å². The van der Waals surface area contributed by atoms with Crippen molar-refractivity contribution in [3.63, 3.8) is 0 Å². The van der Waals surface area contributed by atoms with Crippen LogP contribution in [0.1, 0.15) is 25.7 Å². The molecule has 0 saturated heterocycles. The Hall–Kier alpha value is -1.67. The molecule has 1 amide bonds. The molecule has 6 nitrogen and oxygen atoms in total. The molecule has 1 aromatic carbocycles. The normalized spacial score (nSPS) is 15.7. The number of amides is 1. The summed E-state index contributed by atoms with van der Waals surface area (Å²) in [6, 6.07) is 5.24. The molecule has 1 fully saturated rings. The first kappa shape index (κ1) is 18.7. The molecule has 0 bridgehead atoms. The van der Waals surface area contributed by atoms with Gasteiger partial charge in [-0.3, -0.25) is 4.79 Å². The van der Waals surface area contributed by atoms with Crippen LogP contribution in [0, 0.1) is 5.82 Å². The van der Waals surface area contributed by atoms with E-state index < -0.39 is 16.0 Å². The molecule has 2 rings (SSSR count). The third-order valence-corrected chi connectivity index (χ3v) is 6.22. The average Bonchev–Trinajstić information content (AvgIpc) is 3.06. The molecular formula is C16H24FN3O3S. The number of nitrogens with zero attached hydrogens (tertiary/aromatic N) is 3. The Labute approximate surface area is 143 Å². The van der Waals surface area contributed by atoms with Crippen LogP contribution in [0.25, 0.3) is 0 Å². The highest BCUT2D eigenvalue weighted by molar-refractivity contribution is 7.90. The van der Waals surface area contributed by atoms with Crippen LogP contribution < -0.4 is 4.31 Å². The second-order valence-corrected chi connectivity index (χ2v) is 8.28. The minimum absolute atomic E-state index is 0.162. The van der Waals surface area contributed by atoms with E-state index >= 15 is 0 Å². The van der Waals surface area contributed by atoms with Crippen LogP contribution in [-0.4, -0.2) is 57.3 Å². The Kier molecular flexibility index (Phi) is 5.82. The fourth-order valence-corrected chi connectivity index (χ4v) is 3.90. The fourth-order valence-electron chi connectivity index (χ4n) is 2.84. The van der Waals surface area contributed by atoms with E-state index in [2.05, 4.69) is 0 Å². The largest absolute Gasteiger partial charge is 0.341 e. The van der Waals surface area contributed by atoms with Gasteiger partial charge in [0.15, 0.2) is 0 Å². The van der Waals surface area contributed by atoms with Crippen molar-refractivity contribution in [2.24, 2.45) is 0 Å². The van der Waals surface area contributed by atoms with Crippen molar-refractivity contribution in [3.8, 4) is 0 Å². The lowest BCUT2D eigenvalue weighted by atomic mass is 10.2. The third-order valence-electron chi connectivity index (χ3n) is 4.40. The predicted molar refractivity (Wildman–Crippen MR) is 91.4 cm³/mol. The van der Waals surface area contributed by atoms with Crippen molar-refractivity contribution in [3.05, 3.63) is 30.1 Å². The molecule has 0 N–H and O–H groups in total. The molecule has 0 aromatic heterocycles. The molecule has 8 heteroatoms. The van der Waals surface area contributed by atoms with Crippen LogP contribution in [0.3, 0.4) is 0 Å². The topological polar surface area (TPSA) is 60.9 Å². The van der Waals surface area contributed by atoms with E-state index in [1.165, 1.54) is 38.4 Å². The van der Waals surface area contributed by atoms with Gasteiger partial charge in [-0.15, -0.1) is 0 Å². The van der Waals surface area contributed by atoms with Gasteiger partial charge in [0.2, 0.25) is 5.91 Å². The van der Waals surface area contributed by atoms with E-state index in [4.69, 9.17) is 0 Å². The average molecular weight is 357 g/mol. The van der Waals surface area contributed by atoms with Crippen LogP contribution in [0.15, 0.2) is 24.3 Å². The number of hydrogen-bond donors (Lipinski definition) is 0. The van der Waals surface area contributed by atoms with Crippen LogP contribution in [0.2, 0.25) is 0 Å². The van der Waals surface area contributed by atoms with Gasteiger partial charge in [0.25, 0.3) is 0 Å². The Morgan fingerprint density at radius 3 is 2.17 bits per heavy atom. The Morgan fingerprint density at radius 2 is 1.67 bits per heavy atom. The van der Waals surface area contributed by atoms with Crippen molar-refractivity contribution in [1.82, 2.24) is 9.21 Å². The zero-order valence-corrected chi connectivity index (χ0v) is 15.1. The number of benzene rings is 1. The SMILES string of the molecule is CN(C(=O)CN(c1ccc(F)cc1)S(=O)(=O)N(C)C)C1CCCC1. The standard InChI is InChI=1S/C16H24FN3O3S/c1-18(2)24(22,23)20(15-10-8-13(17)9-11-15)12-16(21)19(3)14-6-4-5-7-14/h8-11,14H,4-7,12H2,1-3H3. The number of likely N-dealkylation sites (N-methyl/N-ethyl adjacent to an activating group) is 1. The number of carbonyl (C=O) groups excluding carboxylic acids is 1. The number of anilines is 1. The summed E-state index contributed by atoms with van der Waals surface area (Å²) < 4.78 is 40.4. The second kappa shape index (κ2) is 7.48. The zero-order chi connectivity index (χ0) is 17.9. The van der Waals surface area contributed by atoms with Crippen molar-refractivity contribution in [2.45, 2.75) is 31.7 Å². The summed E-state index contributed by atoms with van der Waals surface area (Å²) in [5, 5.41) is 0. The second-order valence-electron chi connectivity index (χ2n) is 6.22. The van der Waals surface area contributed by atoms with Crippen LogP contribution in [0.5, 0.6) is 0 Å². The quantitative estimate of drug-likeness (QED) is 0.780. The highest BCUT2D eigenvalue weighted by atomic mass is 32.2. The van der Waals surface area contributed by atoms with Crippen LogP contribution in [-0.2, 0) is 15.0 Å². The summed E-state index contributed by atoms with van der Waals surface area (Å²) in [7, 11) is 0.651. The van der Waals surface area contributed by atoms with Crippen molar-refractivity contribution in [2.75, 3.05) is 32.0 Å². The lowest BCUT2D eigenvalue weighted by molar-refractivity contribution is -0.130. The molecule has 0 radical (unpaired) electrons. The molecule has 1 aliphatic rings. The molecule has 0 unspecified atom stereocenters. The van der Waals surface area contributed by atoms with Gasteiger partial charge in [-0.1, -0.05) is 12.8 Å². The summed E-state index contributed by atoms with van der Waals surface area (Å²) in [5.41, 5.74) is 0.262. The smallest absolute Gasteiger partial charge is 0.304 e. The summed E-state index contributed by atoms with van der Waals surface area (Å²) >= 11 is 0. The molecule has 134 valence electrons. The maximum absolute atomic E-state index is 13.1. The lowest BCUT2D eigenvalue weighted by Gasteiger charge is -2.30. The molecule has 1 saturated carbocycles.